The Labute approximate surface area is 208 Å². The van der Waals surface area contributed by atoms with Gasteiger partial charge >= 0.3 is 5.97 Å². The second kappa shape index (κ2) is 6.82. The summed E-state index contributed by atoms with van der Waals surface area (Å²) in [6.07, 6.45) is -0.605. The Morgan fingerprint density at radius 3 is 2.61 bits per heavy atom. The molecule has 2 saturated heterocycles. The number of benzene rings is 1. The summed E-state index contributed by atoms with van der Waals surface area (Å²) in [5.74, 6) is -3.75. The number of aliphatic hydroxyl groups is 4. The fourth-order valence-corrected chi connectivity index (χ4v) is 9.28. The molecule has 9 atom stereocenters. The molecule has 1 aromatic carbocycles. The van der Waals surface area contributed by atoms with Crippen LogP contribution in [0, 0.1) is 22.7 Å². The zero-order valence-electron chi connectivity index (χ0n) is 20.6. The van der Waals surface area contributed by atoms with Crippen LogP contribution >= 0.6 is 0 Å². The Kier molecular flexibility index (Phi) is 4.35. The van der Waals surface area contributed by atoms with E-state index in [1.54, 1.807) is 18.2 Å². The minimum Gasteiger partial charge on any atom is -0.465 e. The number of esters is 1. The highest BCUT2D eigenvalue weighted by Crippen LogP contribution is 2.76. The van der Waals surface area contributed by atoms with Gasteiger partial charge in [0.05, 0.1) is 53.9 Å². The summed E-state index contributed by atoms with van der Waals surface area (Å²) < 4.78 is 11.0. The number of nitrogens with zero attached hydrogens (tertiary/aromatic N) is 2. The van der Waals surface area contributed by atoms with Gasteiger partial charge in [-0.1, -0.05) is 13.8 Å². The molecule has 3 unspecified atom stereocenters. The third-order valence-electron chi connectivity index (χ3n) is 10.6. The van der Waals surface area contributed by atoms with Gasteiger partial charge in [-0.05, 0) is 55.2 Å². The third-order valence-corrected chi connectivity index (χ3v) is 10.6. The van der Waals surface area contributed by atoms with Gasteiger partial charge in [-0.25, -0.2) is 14.8 Å². The second-order valence-corrected chi connectivity index (χ2v) is 12.3. The van der Waals surface area contributed by atoms with Crippen molar-refractivity contribution in [1.82, 2.24) is 9.97 Å². The molecule has 2 spiro atoms. The fraction of sp³-hybridized carbons (Fsp3) is 0.667. The highest BCUT2D eigenvalue weighted by Gasteiger charge is 2.85. The van der Waals surface area contributed by atoms with Crippen molar-refractivity contribution in [2.24, 2.45) is 22.7 Å². The van der Waals surface area contributed by atoms with Crippen LogP contribution in [0.15, 0.2) is 18.2 Å². The average molecular weight is 497 g/mol. The molecule has 2 aromatic rings. The van der Waals surface area contributed by atoms with Gasteiger partial charge in [-0.15, -0.1) is 0 Å². The Hall–Kier alpha value is -2.17. The van der Waals surface area contributed by atoms with E-state index in [0.717, 1.165) is 6.42 Å². The number of carbonyl (C=O) groups excluding carboxylic acids is 1. The van der Waals surface area contributed by atoms with E-state index in [2.05, 4.69) is 13.8 Å². The highest BCUT2D eigenvalue weighted by atomic mass is 16.6. The Bertz CT molecular complexity index is 1310. The van der Waals surface area contributed by atoms with E-state index < -0.39 is 46.8 Å². The number of hydrogen-bond donors (Lipinski definition) is 4. The van der Waals surface area contributed by atoms with Gasteiger partial charge in [0.25, 0.3) is 0 Å². The van der Waals surface area contributed by atoms with E-state index in [4.69, 9.17) is 19.4 Å². The zero-order valence-corrected chi connectivity index (χ0v) is 20.6. The van der Waals surface area contributed by atoms with E-state index in [9.17, 15) is 25.2 Å². The standard InChI is InChI=1S/C27H32N2O7/c1-24(2)9-8-17(30)25-11-36-27(34,22(32)19(24)25)26-16(25)7-5-13(21(26)31)18-20(26)29-15-10-12(23(33)35-3)4-6-14(15)28-18/h4,6,10,13,16-17,19,21-22,30-32,34H,5,7-9,11H2,1-3H3/t13-,16?,17-,19?,21+,22-,25+,26?,27-/m0/s1. The Morgan fingerprint density at radius 2 is 1.86 bits per heavy atom. The monoisotopic (exact) mass is 496 g/mol. The number of aliphatic hydroxyl groups excluding tert-OH is 3. The Morgan fingerprint density at radius 1 is 1.08 bits per heavy atom. The van der Waals surface area contributed by atoms with Crippen molar-refractivity contribution in [2.75, 3.05) is 13.7 Å². The van der Waals surface area contributed by atoms with Crippen molar-refractivity contribution in [3.8, 4) is 0 Å². The zero-order chi connectivity index (χ0) is 25.4. The van der Waals surface area contributed by atoms with E-state index in [1.807, 2.05) is 0 Å². The van der Waals surface area contributed by atoms with Gasteiger partial charge in [-0.3, -0.25) is 0 Å². The maximum absolute atomic E-state index is 12.3. The SMILES string of the molecule is COC(=O)c1ccc2nc3c(nc2c1)C12C(CC[C@@H]3[C@H]1O)[C@@]13CO[C@@]2(O)[C@@H](O)C1C(C)(C)CC[C@@H]3O. The molecule has 5 fully saturated rings. The van der Waals surface area contributed by atoms with Crippen LogP contribution < -0.4 is 0 Å². The first kappa shape index (κ1) is 23.0. The van der Waals surface area contributed by atoms with E-state index >= 15 is 0 Å². The molecule has 3 saturated carbocycles. The molecule has 9 nitrogen and oxygen atoms in total. The van der Waals surface area contributed by atoms with Crippen LogP contribution in [0.3, 0.4) is 0 Å². The number of ether oxygens (including phenoxy) is 2. The summed E-state index contributed by atoms with van der Waals surface area (Å²) in [5.41, 5.74) is -0.311. The van der Waals surface area contributed by atoms with Gasteiger partial charge in [0, 0.05) is 17.3 Å². The normalized spacial score (nSPS) is 45.6. The van der Waals surface area contributed by atoms with Crippen molar-refractivity contribution in [3.05, 3.63) is 35.2 Å². The van der Waals surface area contributed by atoms with Gasteiger partial charge < -0.3 is 29.9 Å². The minimum absolute atomic E-state index is 0.114. The van der Waals surface area contributed by atoms with Crippen LogP contribution in [0.2, 0.25) is 0 Å². The number of aromatic nitrogens is 2. The second-order valence-electron chi connectivity index (χ2n) is 12.3. The third kappa shape index (κ3) is 2.25. The molecule has 3 heterocycles. The molecule has 0 amide bonds. The van der Waals surface area contributed by atoms with Crippen LogP contribution in [0.4, 0.5) is 0 Å². The topological polar surface area (TPSA) is 142 Å². The summed E-state index contributed by atoms with van der Waals surface area (Å²) in [6, 6.07) is 4.92. The number of rotatable bonds is 1. The summed E-state index contributed by atoms with van der Waals surface area (Å²) in [7, 11) is 1.31. The Balaban J connectivity index is 1.52. The molecular formula is C27H32N2O7. The maximum atomic E-state index is 12.3. The van der Waals surface area contributed by atoms with Crippen molar-refractivity contribution >= 4 is 17.0 Å². The lowest BCUT2D eigenvalue weighted by Crippen LogP contribution is -2.86. The molecule has 192 valence electrons. The van der Waals surface area contributed by atoms with Crippen molar-refractivity contribution in [1.29, 1.82) is 0 Å². The maximum Gasteiger partial charge on any atom is 0.337 e. The molecule has 0 radical (unpaired) electrons. The molecule has 9 heteroatoms. The predicted molar refractivity (Wildman–Crippen MR) is 126 cm³/mol. The molecule has 2 aliphatic heterocycles. The first-order chi connectivity index (χ1) is 17.0. The molecule has 6 aliphatic rings. The molecule has 36 heavy (non-hydrogen) atoms. The lowest BCUT2D eigenvalue weighted by atomic mass is 9.35. The summed E-state index contributed by atoms with van der Waals surface area (Å²) in [6.45, 7) is 4.28. The minimum atomic E-state index is -2.09. The summed E-state index contributed by atoms with van der Waals surface area (Å²) in [5, 5.41) is 47.7. The van der Waals surface area contributed by atoms with E-state index in [1.165, 1.54) is 7.11 Å². The predicted octanol–water partition coefficient (Wildman–Crippen LogP) is 1.40. The molecule has 1 aromatic heterocycles. The summed E-state index contributed by atoms with van der Waals surface area (Å²) >= 11 is 0. The smallest absolute Gasteiger partial charge is 0.337 e. The first-order valence-corrected chi connectivity index (χ1v) is 12.8. The van der Waals surface area contributed by atoms with Gasteiger partial charge in [0.15, 0.2) is 0 Å². The van der Waals surface area contributed by atoms with Crippen molar-refractivity contribution < 1.29 is 34.7 Å². The lowest BCUT2D eigenvalue weighted by Gasteiger charge is -2.75. The highest BCUT2D eigenvalue weighted by molar-refractivity contribution is 5.93. The molecule has 4 bridgehead atoms. The van der Waals surface area contributed by atoms with Crippen LogP contribution in [-0.4, -0.2) is 74.2 Å². The van der Waals surface area contributed by atoms with Crippen LogP contribution in [0.5, 0.6) is 0 Å². The average Bonchev–Trinajstić information content (AvgIpc) is 2.98. The van der Waals surface area contributed by atoms with Crippen molar-refractivity contribution in [3.63, 3.8) is 0 Å². The van der Waals surface area contributed by atoms with Crippen LogP contribution in [0.1, 0.15) is 67.2 Å². The fourth-order valence-electron chi connectivity index (χ4n) is 9.28. The molecular weight excluding hydrogens is 464 g/mol. The molecule has 4 N–H and O–H groups in total. The van der Waals surface area contributed by atoms with Crippen LogP contribution in [-0.2, 0) is 14.9 Å². The first-order valence-electron chi connectivity index (χ1n) is 12.8. The van der Waals surface area contributed by atoms with Crippen molar-refractivity contribution in [2.45, 2.75) is 75.0 Å². The molecule has 8 rings (SSSR count). The van der Waals surface area contributed by atoms with Gasteiger partial charge in [0.2, 0.25) is 5.79 Å². The van der Waals surface area contributed by atoms with E-state index in [0.29, 0.717) is 47.2 Å². The summed E-state index contributed by atoms with van der Waals surface area (Å²) in [4.78, 5) is 22.0. The van der Waals surface area contributed by atoms with Crippen LogP contribution in [0.25, 0.3) is 11.0 Å². The van der Waals surface area contributed by atoms with E-state index in [-0.39, 0.29) is 23.9 Å². The quantitative estimate of drug-likeness (QED) is 0.431. The largest absolute Gasteiger partial charge is 0.465 e. The molecule has 4 aliphatic carbocycles. The lowest BCUT2D eigenvalue weighted by molar-refractivity contribution is -0.449. The van der Waals surface area contributed by atoms with Gasteiger partial charge in [-0.2, -0.15) is 0 Å². The number of fused-ring (bicyclic) bond motifs is 5. The number of hydrogen-bond acceptors (Lipinski definition) is 9. The van der Waals surface area contributed by atoms with Gasteiger partial charge in [0.1, 0.15) is 11.5 Å². The number of carbonyl (C=O) groups is 1. The number of methoxy groups -OCH3 is 1.